The van der Waals surface area contributed by atoms with Gasteiger partial charge >= 0.3 is 0 Å². The minimum absolute atomic E-state index is 0.295. The van der Waals surface area contributed by atoms with E-state index >= 15 is 0 Å². The van der Waals surface area contributed by atoms with Crippen molar-refractivity contribution in [3.8, 4) is 0 Å². The lowest BCUT2D eigenvalue weighted by atomic mass is 9.67. The fourth-order valence-corrected chi connectivity index (χ4v) is 3.82. The summed E-state index contributed by atoms with van der Waals surface area (Å²) in [5, 5.41) is 0. The van der Waals surface area contributed by atoms with E-state index in [2.05, 4.69) is 33.8 Å². The van der Waals surface area contributed by atoms with E-state index in [9.17, 15) is 0 Å². The maximum atomic E-state index is 6.19. The van der Waals surface area contributed by atoms with E-state index in [1.54, 1.807) is 5.57 Å². The van der Waals surface area contributed by atoms with Gasteiger partial charge in [0, 0.05) is 6.04 Å². The maximum Gasteiger partial charge on any atom is 0.0231 e. The van der Waals surface area contributed by atoms with Crippen LogP contribution in [0.4, 0.5) is 0 Å². The highest BCUT2D eigenvalue weighted by Gasteiger charge is 2.33. The normalized spacial score (nSPS) is 42.1. The second-order valence-electron chi connectivity index (χ2n) is 7.42. The minimum Gasteiger partial charge on any atom is -0.324 e. The molecule has 1 fully saturated rings. The molecule has 0 bridgehead atoms. The molecule has 2 N–H and O–H groups in total. The van der Waals surface area contributed by atoms with Crippen LogP contribution < -0.4 is 5.73 Å². The number of hydrogen-bond acceptors (Lipinski definition) is 1. The van der Waals surface area contributed by atoms with Gasteiger partial charge in [-0.15, -0.1) is 0 Å². The van der Waals surface area contributed by atoms with E-state index in [-0.39, 0.29) is 0 Å². The highest BCUT2D eigenvalue weighted by molar-refractivity contribution is 5.17. The summed E-state index contributed by atoms with van der Waals surface area (Å²) in [5.41, 5.74) is 8.28. The lowest BCUT2D eigenvalue weighted by Gasteiger charge is -2.40. The molecule has 0 aromatic rings. The molecule has 1 heteroatoms. The highest BCUT2D eigenvalue weighted by Crippen LogP contribution is 2.44. The van der Waals surface area contributed by atoms with Crippen molar-refractivity contribution < 1.29 is 0 Å². The Kier molecular flexibility index (Phi) is 3.68. The van der Waals surface area contributed by atoms with Crippen molar-refractivity contribution in [1.82, 2.24) is 0 Å². The van der Waals surface area contributed by atoms with Gasteiger partial charge < -0.3 is 5.73 Å². The van der Waals surface area contributed by atoms with Crippen LogP contribution in [0.5, 0.6) is 0 Å². The van der Waals surface area contributed by atoms with Gasteiger partial charge in [-0.2, -0.15) is 0 Å². The zero-order chi connectivity index (χ0) is 12.6. The van der Waals surface area contributed by atoms with E-state index in [1.165, 1.54) is 25.7 Å². The summed E-state index contributed by atoms with van der Waals surface area (Å²) in [4.78, 5) is 0. The predicted octanol–water partition coefficient (Wildman–Crippen LogP) is 4.13. The molecule has 98 valence electrons. The Hall–Kier alpha value is -0.300. The molecule has 2 aliphatic carbocycles. The molecule has 4 atom stereocenters. The van der Waals surface area contributed by atoms with Crippen LogP contribution in [0.3, 0.4) is 0 Å². The standard InChI is InChI=1S/C16H29N/c1-11-5-6-13(7-12(11)2)14-8-15(17)10-16(3,4)9-14/h8,11-13,15H,5-7,9-10,17H2,1-4H3. The van der Waals surface area contributed by atoms with Gasteiger partial charge in [0.1, 0.15) is 0 Å². The third-order valence-corrected chi connectivity index (χ3v) is 5.02. The van der Waals surface area contributed by atoms with E-state index in [4.69, 9.17) is 5.73 Å². The molecule has 0 saturated heterocycles. The molecule has 0 aliphatic heterocycles. The third kappa shape index (κ3) is 3.13. The lowest BCUT2D eigenvalue weighted by Crippen LogP contribution is -2.34. The molecule has 4 unspecified atom stereocenters. The van der Waals surface area contributed by atoms with Crippen LogP contribution in [0.2, 0.25) is 0 Å². The van der Waals surface area contributed by atoms with Crippen LogP contribution in [-0.2, 0) is 0 Å². The van der Waals surface area contributed by atoms with Crippen LogP contribution in [0, 0.1) is 23.2 Å². The summed E-state index contributed by atoms with van der Waals surface area (Å²) in [6, 6.07) is 0.295. The summed E-state index contributed by atoms with van der Waals surface area (Å²) in [6.07, 6.45) is 8.98. The maximum absolute atomic E-state index is 6.19. The molecule has 1 nitrogen and oxygen atoms in total. The first kappa shape index (κ1) is 13.1. The molecule has 17 heavy (non-hydrogen) atoms. The quantitative estimate of drug-likeness (QED) is 0.679. The highest BCUT2D eigenvalue weighted by atomic mass is 14.6. The van der Waals surface area contributed by atoms with Crippen LogP contribution in [-0.4, -0.2) is 6.04 Å². The number of hydrogen-bond donors (Lipinski definition) is 1. The smallest absolute Gasteiger partial charge is 0.0231 e. The first-order chi connectivity index (χ1) is 7.87. The van der Waals surface area contributed by atoms with Crippen molar-refractivity contribution in [2.45, 2.75) is 65.8 Å². The van der Waals surface area contributed by atoms with Gasteiger partial charge in [0.05, 0.1) is 0 Å². The Labute approximate surface area is 107 Å². The van der Waals surface area contributed by atoms with Gasteiger partial charge in [-0.1, -0.05) is 39.3 Å². The zero-order valence-corrected chi connectivity index (χ0v) is 12.0. The molecule has 2 aliphatic rings. The molecular formula is C16H29N. The van der Waals surface area contributed by atoms with Crippen molar-refractivity contribution >= 4 is 0 Å². The Morgan fingerprint density at radius 1 is 1.18 bits per heavy atom. The number of allylic oxidation sites excluding steroid dienone is 1. The van der Waals surface area contributed by atoms with Crippen molar-refractivity contribution in [1.29, 1.82) is 0 Å². The van der Waals surface area contributed by atoms with Gasteiger partial charge in [-0.05, 0) is 55.3 Å². The van der Waals surface area contributed by atoms with E-state index in [0.717, 1.165) is 24.2 Å². The summed E-state index contributed by atoms with van der Waals surface area (Å²) >= 11 is 0. The van der Waals surface area contributed by atoms with Gasteiger partial charge in [-0.3, -0.25) is 0 Å². The molecule has 1 saturated carbocycles. The molecule has 0 spiro atoms. The fraction of sp³-hybridized carbons (Fsp3) is 0.875. The van der Waals surface area contributed by atoms with Crippen LogP contribution in [0.25, 0.3) is 0 Å². The van der Waals surface area contributed by atoms with Crippen molar-refractivity contribution in [3.05, 3.63) is 11.6 Å². The van der Waals surface area contributed by atoms with Crippen molar-refractivity contribution in [3.63, 3.8) is 0 Å². The molecule has 0 aromatic carbocycles. The topological polar surface area (TPSA) is 26.0 Å². The minimum atomic E-state index is 0.295. The van der Waals surface area contributed by atoms with E-state index in [0.29, 0.717) is 11.5 Å². The molecule has 0 aromatic heterocycles. The van der Waals surface area contributed by atoms with Crippen LogP contribution >= 0.6 is 0 Å². The van der Waals surface area contributed by atoms with E-state index < -0.39 is 0 Å². The van der Waals surface area contributed by atoms with Crippen molar-refractivity contribution in [2.24, 2.45) is 28.9 Å². The SMILES string of the molecule is CC1CCC(C2=CC(N)CC(C)(C)C2)CC1C. The molecular weight excluding hydrogens is 206 g/mol. The summed E-state index contributed by atoms with van der Waals surface area (Å²) in [5.74, 6) is 2.62. The average molecular weight is 235 g/mol. The van der Waals surface area contributed by atoms with Gasteiger partial charge in [-0.25, -0.2) is 0 Å². The second-order valence-corrected chi connectivity index (χ2v) is 7.42. The lowest BCUT2D eigenvalue weighted by molar-refractivity contribution is 0.208. The van der Waals surface area contributed by atoms with Gasteiger partial charge in [0.25, 0.3) is 0 Å². The Morgan fingerprint density at radius 3 is 2.47 bits per heavy atom. The molecule has 2 rings (SSSR count). The van der Waals surface area contributed by atoms with Crippen LogP contribution in [0.1, 0.15) is 59.8 Å². The first-order valence-electron chi connectivity index (χ1n) is 7.33. The summed E-state index contributed by atoms with van der Waals surface area (Å²) in [7, 11) is 0. The summed E-state index contributed by atoms with van der Waals surface area (Å²) < 4.78 is 0. The zero-order valence-electron chi connectivity index (χ0n) is 12.0. The van der Waals surface area contributed by atoms with Crippen molar-refractivity contribution in [2.75, 3.05) is 0 Å². The largest absolute Gasteiger partial charge is 0.324 e. The average Bonchev–Trinajstić information content (AvgIpc) is 2.19. The monoisotopic (exact) mass is 235 g/mol. The number of rotatable bonds is 1. The predicted molar refractivity (Wildman–Crippen MR) is 74.7 cm³/mol. The first-order valence-corrected chi connectivity index (χ1v) is 7.33. The fourth-order valence-electron chi connectivity index (χ4n) is 3.82. The number of nitrogens with two attached hydrogens (primary N) is 1. The van der Waals surface area contributed by atoms with Gasteiger partial charge in [0.15, 0.2) is 0 Å². The second kappa shape index (κ2) is 4.76. The Morgan fingerprint density at radius 2 is 1.88 bits per heavy atom. The molecule has 0 amide bonds. The molecule has 0 heterocycles. The Balaban J connectivity index is 2.07. The third-order valence-electron chi connectivity index (χ3n) is 5.02. The Bertz CT molecular complexity index is 303. The van der Waals surface area contributed by atoms with E-state index in [1.807, 2.05) is 0 Å². The van der Waals surface area contributed by atoms with Crippen LogP contribution in [0.15, 0.2) is 11.6 Å². The molecule has 0 radical (unpaired) electrons. The van der Waals surface area contributed by atoms with Gasteiger partial charge in [0.2, 0.25) is 0 Å². The summed E-state index contributed by atoms with van der Waals surface area (Å²) in [6.45, 7) is 9.57.